The quantitative estimate of drug-likeness (QED) is 0.462. The van der Waals surface area contributed by atoms with E-state index in [-0.39, 0.29) is 11.9 Å². The average Bonchev–Trinajstić information content (AvgIpc) is 3.29. The molecule has 4 heterocycles. The van der Waals surface area contributed by atoms with Gasteiger partial charge in [0.15, 0.2) is 11.5 Å². The molecule has 34 heavy (non-hydrogen) atoms. The standard InChI is InChI=1S/C26H29N7O/c1-31-15-16-32(18-22-9-5-6-13-27-22)19-23(31)25-30-29-24-11-10-21(17-33(24)25)26(34)28-14-12-20-7-3-2-4-8-20/h2-11,13,17,23H,12,14-16,18-19H2,1H3,(H,28,34)/t23-/m0/s1. The summed E-state index contributed by atoms with van der Waals surface area (Å²) in [6.07, 6.45) is 4.49. The molecule has 1 saturated heterocycles. The molecule has 0 aliphatic carbocycles. The van der Waals surface area contributed by atoms with Crippen LogP contribution in [0.2, 0.25) is 0 Å². The van der Waals surface area contributed by atoms with E-state index in [4.69, 9.17) is 0 Å². The van der Waals surface area contributed by atoms with E-state index in [0.29, 0.717) is 12.1 Å². The van der Waals surface area contributed by atoms with Gasteiger partial charge < -0.3 is 5.32 Å². The highest BCUT2D eigenvalue weighted by Crippen LogP contribution is 2.24. The van der Waals surface area contributed by atoms with E-state index in [0.717, 1.165) is 49.8 Å². The molecule has 0 radical (unpaired) electrons. The van der Waals surface area contributed by atoms with E-state index in [1.807, 2.05) is 59.3 Å². The van der Waals surface area contributed by atoms with Crippen molar-refractivity contribution in [2.24, 2.45) is 0 Å². The number of hydrogen-bond donors (Lipinski definition) is 1. The predicted molar refractivity (Wildman–Crippen MR) is 130 cm³/mol. The number of nitrogens with one attached hydrogen (secondary N) is 1. The van der Waals surface area contributed by atoms with Gasteiger partial charge in [0, 0.05) is 45.1 Å². The summed E-state index contributed by atoms with van der Waals surface area (Å²) < 4.78 is 1.96. The van der Waals surface area contributed by atoms with E-state index >= 15 is 0 Å². The van der Waals surface area contributed by atoms with Crippen molar-refractivity contribution in [1.29, 1.82) is 0 Å². The zero-order chi connectivity index (χ0) is 23.3. The van der Waals surface area contributed by atoms with E-state index < -0.39 is 0 Å². The lowest BCUT2D eigenvalue weighted by Crippen LogP contribution is -2.46. The fourth-order valence-electron chi connectivity index (χ4n) is 4.41. The SMILES string of the molecule is CN1CCN(Cc2ccccn2)C[C@H]1c1nnc2ccc(C(=O)NCCc3ccccc3)cn12. The normalized spacial score (nSPS) is 17.1. The lowest BCUT2D eigenvalue weighted by atomic mass is 10.1. The lowest BCUT2D eigenvalue weighted by molar-refractivity contribution is 0.0844. The minimum atomic E-state index is -0.0914. The Hall–Kier alpha value is -3.62. The van der Waals surface area contributed by atoms with Crippen molar-refractivity contribution in [2.45, 2.75) is 19.0 Å². The van der Waals surface area contributed by atoms with Crippen molar-refractivity contribution < 1.29 is 4.79 Å². The van der Waals surface area contributed by atoms with E-state index in [9.17, 15) is 4.79 Å². The van der Waals surface area contributed by atoms with Crippen LogP contribution in [-0.2, 0) is 13.0 Å². The Morgan fingerprint density at radius 1 is 1.03 bits per heavy atom. The third-order valence-corrected chi connectivity index (χ3v) is 6.37. The van der Waals surface area contributed by atoms with Crippen molar-refractivity contribution >= 4 is 11.6 Å². The van der Waals surface area contributed by atoms with E-state index in [1.54, 1.807) is 0 Å². The van der Waals surface area contributed by atoms with Gasteiger partial charge in [-0.2, -0.15) is 0 Å². The summed E-state index contributed by atoms with van der Waals surface area (Å²) in [7, 11) is 2.12. The van der Waals surface area contributed by atoms with Crippen molar-refractivity contribution in [3.8, 4) is 0 Å². The van der Waals surface area contributed by atoms with Crippen LogP contribution in [0.15, 0.2) is 73.1 Å². The molecule has 0 saturated carbocycles. The van der Waals surface area contributed by atoms with Gasteiger partial charge in [-0.25, -0.2) is 0 Å². The molecule has 1 aliphatic rings. The number of carbonyl (C=O) groups excluding carboxylic acids is 1. The number of likely N-dealkylation sites (N-methyl/N-ethyl adjacent to an activating group) is 1. The third-order valence-electron chi connectivity index (χ3n) is 6.37. The van der Waals surface area contributed by atoms with Crippen LogP contribution in [0, 0.1) is 0 Å². The lowest BCUT2D eigenvalue weighted by Gasteiger charge is -2.38. The van der Waals surface area contributed by atoms with Gasteiger partial charge in [0.2, 0.25) is 0 Å². The Balaban J connectivity index is 1.30. The number of piperazine rings is 1. The molecule has 1 aromatic carbocycles. The highest BCUT2D eigenvalue weighted by atomic mass is 16.1. The summed E-state index contributed by atoms with van der Waals surface area (Å²) in [5, 5.41) is 11.9. The van der Waals surface area contributed by atoms with E-state index in [1.165, 1.54) is 5.56 Å². The highest BCUT2D eigenvalue weighted by molar-refractivity contribution is 5.94. The molecule has 8 heteroatoms. The molecule has 0 unspecified atom stereocenters. The fraction of sp³-hybridized carbons (Fsp3) is 0.308. The number of hydrogen-bond acceptors (Lipinski definition) is 6. The summed E-state index contributed by atoms with van der Waals surface area (Å²) in [6.45, 7) is 4.10. The Kier molecular flexibility index (Phi) is 6.60. The number of nitrogens with zero attached hydrogens (tertiary/aromatic N) is 6. The summed E-state index contributed by atoms with van der Waals surface area (Å²) in [6, 6.07) is 19.9. The molecule has 4 aromatic rings. The maximum Gasteiger partial charge on any atom is 0.252 e. The van der Waals surface area contributed by atoms with Crippen molar-refractivity contribution in [3.63, 3.8) is 0 Å². The van der Waals surface area contributed by atoms with Crippen LogP contribution in [0.1, 0.15) is 33.5 Å². The number of aromatic nitrogens is 4. The maximum atomic E-state index is 12.8. The highest BCUT2D eigenvalue weighted by Gasteiger charge is 2.29. The molecule has 8 nitrogen and oxygen atoms in total. The third kappa shape index (κ3) is 4.98. The Morgan fingerprint density at radius 3 is 2.71 bits per heavy atom. The summed E-state index contributed by atoms with van der Waals surface area (Å²) in [4.78, 5) is 22.0. The number of benzene rings is 1. The Bertz CT molecular complexity index is 1240. The molecule has 1 aliphatic heterocycles. The first kappa shape index (κ1) is 22.2. The summed E-state index contributed by atoms with van der Waals surface area (Å²) in [5.74, 6) is 0.758. The molecule has 174 valence electrons. The molecule has 1 atom stereocenters. The zero-order valence-corrected chi connectivity index (χ0v) is 19.3. The van der Waals surface area contributed by atoms with Gasteiger partial charge in [-0.05, 0) is 43.3 Å². The predicted octanol–water partition coefficient (Wildman–Crippen LogP) is 2.59. The van der Waals surface area contributed by atoms with Crippen LogP contribution >= 0.6 is 0 Å². The zero-order valence-electron chi connectivity index (χ0n) is 19.3. The number of rotatable bonds is 7. The minimum absolute atomic E-state index is 0.0730. The molecule has 1 amide bonds. The molecule has 0 spiro atoms. The number of pyridine rings is 2. The van der Waals surface area contributed by atoms with Crippen molar-refractivity contribution in [1.82, 2.24) is 34.7 Å². The van der Waals surface area contributed by atoms with Crippen LogP contribution in [0.25, 0.3) is 5.65 Å². The van der Waals surface area contributed by atoms with Crippen molar-refractivity contribution in [2.75, 3.05) is 33.2 Å². The number of carbonyl (C=O) groups is 1. The first-order valence-electron chi connectivity index (χ1n) is 11.7. The van der Waals surface area contributed by atoms with Gasteiger partial charge in [0.05, 0.1) is 17.3 Å². The van der Waals surface area contributed by atoms with Gasteiger partial charge in [-0.3, -0.25) is 24.0 Å². The largest absolute Gasteiger partial charge is 0.352 e. The second-order valence-electron chi connectivity index (χ2n) is 8.75. The Morgan fingerprint density at radius 2 is 1.88 bits per heavy atom. The summed E-state index contributed by atoms with van der Waals surface area (Å²) >= 11 is 0. The van der Waals surface area contributed by atoms with Gasteiger partial charge in [-0.15, -0.1) is 10.2 Å². The average molecular weight is 456 g/mol. The first-order chi connectivity index (χ1) is 16.7. The smallest absolute Gasteiger partial charge is 0.252 e. The van der Waals surface area contributed by atoms with Gasteiger partial charge in [0.1, 0.15) is 0 Å². The van der Waals surface area contributed by atoms with Gasteiger partial charge >= 0.3 is 0 Å². The van der Waals surface area contributed by atoms with Crippen LogP contribution in [0.3, 0.4) is 0 Å². The summed E-state index contributed by atoms with van der Waals surface area (Å²) in [5.41, 5.74) is 3.61. The monoisotopic (exact) mass is 455 g/mol. The topological polar surface area (TPSA) is 78.7 Å². The molecule has 1 fully saturated rings. The Labute approximate surface area is 199 Å². The van der Waals surface area contributed by atoms with Crippen LogP contribution in [0.4, 0.5) is 0 Å². The molecular weight excluding hydrogens is 426 g/mol. The second kappa shape index (κ2) is 10.1. The van der Waals surface area contributed by atoms with Gasteiger partial charge in [0.25, 0.3) is 5.91 Å². The second-order valence-corrected chi connectivity index (χ2v) is 8.75. The number of amides is 1. The molecule has 0 bridgehead atoms. The minimum Gasteiger partial charge on any atom is -0.352 e. The van der Waals surface area contributed by atoms with Crippen molar-refractivity contribution in [3.05, 3.63) is 95.7 Å². The number of fused-ring (bicyclic) bond motifs is 1. The fourth-order valence-corrected chi connectivity index (χ4v) is 4.41. The molecular formula is C26H29N7O. The molecule has 1 N–H and O–H groups in total. The van der Waals surface area contributed by atoms with E-state index in [2.05, 4.69) is 55.5 Å². The van der Waals surface area contributed by atoms with Gasteiger partial charge in [-0.1, -0.05) is 36.4 Å². The van der Waals surface area contributed by atoms with Crippen LogP contribution in [-0.4, -0.2) is 68.5 Å². The maximum absolute atomic E-state index is 12.8. The first-order valence-corrected chi connectivity index (χ1v) is 11.7. The molecule has 3 aromatic heterocycles. The van der Waals surface area contributed by atoms with Crippen LogP contribution < -0.4 is 5.32 Å². The molecule has 5 rings (SSSR count). The van der Waals surface area contributed by atoms with Crippen LogP contribution in [0.5, 0.6) is 0 Å².